The third-order valence-electron chi connectivity index (χ3n) is 2.85. The number of anilines is 1. The van der Waals surface area contributed by atoms with Crippen LogP contribution in [0.1, 0.15) is 12.8 Å². The minimum atomic E-state index is -0.457. The zero-order valence-electron chi connectivity index (χ0n) is 9.70. The van der Waals surface area contributed by atoms with E-state index in [2.05, 4.69) is 5.32 Å². The molecule has 2 N–H and O–H groups in total. The summed E-state index contributed by atoms with van der Waals surface area (Å²) in [6.45, 7) is 1.35. The topological polar surface area (TPSA) is 35.5 Å². The number of aliphatic hydroxyl groups excluding tert-OH is 1. The zero-order chi connectivity index (χ0) is 13.1. The highest BCUT2D eigenvalue weighted by Crippen LogP contribution is 2.20. The van der Waals surface area contributed by atoms with Crippen molar-refractivity contribution < 1.29 is 9.50 Å². The summed E-state index contributed by atoms with van der Waals surface area (Å²) in [5.74, 6) is -0.457. The van der Waals surface area contributed by atoms with Crippen molar-refractivity contribution >= 4 is 34.6 Å². The summed E-state index contributed by atoms with van der Waals surface area (Å²) in [6.07, 6.45) is 1.38. The number of piperidine rings is 1. The standard InChI is InChI=1S/C12H14ClFN2OS/c13-10-6-8(3-4-11(10)14)15-12(18)16-5-1-2-9(17)7-16/h3-4,6,9,17H,1-2,5,7H2,(H,15,18)/t9-/m0/s1. The van der Waals surface area contributed by atoms with Gasteiger partial charge in [-0.1, -0.05) is 11.6 Å². The molecule has 1 atom stereocenters. The quantitative estimate of drug-likeness (QED) is 0.779. The van der Waals surface area contributed by atoms with Gasteiger partial charge in [-0.25, -0.2) is 4.39 Å². The van der Waals surface area contributed by atoms with Crippen LogP contribution in [-0.2, 0) is 0 Å². The van der Waals surface area contributed by atoms with Gasteiger partial charge in [0.1, 0.15) is 5.82 Å². The van der Waals surface area contributed by atoms with Gasteiger partial charge in [0.25, 0.3) is 0 Å². The van der Waals surface area contributed by atoms with E-state index in [1.807, 2.05) is 4.90 Å². The highest BCUT2D eigenvalue weighted by atomic mass is 35.5. The van der Waals surface area contributed by atoms with Crippen molar-refractivity contribution in [3.63, 3.8) is 0 Å². The van der Waals surface area contributed by atoms with E-state index >= 15 is 0 Å². The average molecular weight is 289 g/mol. The largest absolute Gasteiger partial charge is 0.391 e. The van der Waals surface area contributed by atoms with Gasteiger partial charge in [-0.3, -0.25) is 0 Å². The summed E-state index contributed by atoms with van der Waals surface area (Å²) in [4.78, 5) is 1.90. The maximum Gasteiger partial charge on any atom is 0.173 e. The lowest BCUT2D eigenvalue weighted by Crippen LogP contribution is -2.44. The number of nitrogens with zero attached hydrogens (tertiary/aromatic N) is 1. The van der Waals surface area contributed by atoms with Crippen LogP contribution in [0.15, 0.2) is 18.2 Å². The van der Waals surface area contributed by atoms with E-state index in [0.717, 1.165) is 19.4 Å². The Morgan fingerprint density at radius 1 is 1.56 bits per heavy atom. The Morgan fingerprint density at radius 3 is 3.00 bits per heavy atom. The van der Waals surface area contributed by atoms with Crippen molar-refractivity contribution in [2.45, 2.75) is 18.9 Å². The number of β-amino-alcohol motifs (C(OH)–C–C–N with tert-alkyl or cyclic N) is 1. The van der Waals surface area contributed by atoms with E-state index in [-0.39, 0.29) is 11.1 Å². The Kier molecular flexibility index (Phi) is 4.37. The van der Waals surface area contributed by atoms with Gasteiger partial charge in [0.05, 0.1) is 11.1 Å². The van der Waals surface area contributed by atoms with Crippen LogP contribution in [0.3, 0.4) is 0 Å². The maximum atomic E-state index is 13.0. The molecule has 1 aromatic rings. The monoisotopic (exact) mass is 288 g/mol. The second-order valence-corrected chi connectivity index (χ2v) is 5.10. The molecule has 0 aliphatic carbocycles. The lowest BCUT2D eigenvalue weighted by atomic mass is 10.1. The number of benzene rings is 1. The second kappa shape index (κ2) is 5.82. The highest BCUT2D eigenvalue weighted by Gasteiger charge is 2.19. The molecule has 3 nitrogen and oxygen atoms in total. The van der Waals surface area contributed by atoms with Crippen molar-refractivity contribution in [1.82, 2.24) is 4.90 Å². The third-order valence-corrected chi connectivity index (χ3v) is 3.50. The Bertz CT molecular complexity index is 458. The first-order valence-electron chi connectivity index (χ1n) is 5.75. The number of rotatable bonds is 1. The number of thiocarbonyl (C=S) groups is 1. The predicted molar refractivity (Wildman–Crippen MR) is 74.4 cm³/mol. The Balaban J connectivity index is 2.00. The van der Waals surface area contributed by atoms with Crippen molar-refractivity contribution in [2.24, 2.45) is 0 Å². The molecular formula is C12H14ClFN2OS. The molecule has 0 spiro atoms. The van der Waals surface area contributed by atoms with E-state index < -0.39 is 5.82 Å². The van der Waals surface area contributed by atoms with Crippen molar-refractivity contribution in [3.8, 4) is 0 Å². The third kappa shape index (κ3) is 3.31. The fourth-order valence-electron chi connectivity index (χ4n) is 1.92. The van der Waals surface area contributed by atoms with Crippen LogP contribution in [0.5, 0.6) is 0 Å². The molecular weight excluding hydrogens is 275 g/mol. The molecule has 0 bridgehead atoms. The molecule has 1 aliphatic rings. The molecule has 1 aromatic carbocycles. The summed E-state index contributed by atoms with van der Waals surface area (Å²) in [7, 11) is 0. The molecule has 0 amide bonds. The summed E-state index contributed by atoms with van der Waals surface area (Å²) in [5, 5.41) is 13.2. The summed E-state index contributed by atoms with van der Waals surface area (Å²) in [6, 6.07) is 4.36. The van der Waals surface area contributed by atoms with Crippen LogP contribution >= 0.6 is 23.8 Å². The molecule has 0 saturated carbocycles. The molecule has 1 heterocycles. The van der Waals surface area contributed by atoms with Gasteiger partial charge in [-0.2, -0.15) is 0 Å². The molecule has 18 heavy (non-hydrogen) atoms. The lowest BCUT2D eigenvalue weighted by Gasteiger charge is -2.32. The number of nitrogens with one attached hydrogen (secondary N) is 1. The first kappa shape index (κ1) is 13.5. The highest BCUT2D eigenvalue weighted by molar-refractivity contribution is 7.80. The van der Waals surface area contributed by atoms with E-state index in [9.17, 15) is 9.50 Å². The van der Waals surface area contributed by atoms with E-state index in [0.29, 0.717) is 17.3 Å². The molecule has 2 rings (SSSR count). The van der Waals surface area contributed by atoms with Crippen LogP contribution in [0.25, 0.3) is 0 Å². The second-order valence-electron chi connectivity index (χ2n) is 4.30. The minimum Gasteiger partial charge on any atom is -0.391 e. The van der Waals surface area contributed by atoms with Gasteiger partial charge in [0.2, 0.25) is 0 Å². The summed E-state index contributed by atoms with van der Waals surface area (Å²) in [5.41, 5.74) is 0.645. The molecule has 6 heteroatoms. The summed E-state index contributed by atoms with van der Waals surface area (Å²) < 4.78 is 13.0. The fourth-order valence-corrected chi connectivity index (χ4v) is 2.38. The van der Waals surface area contributed by atoms with Gasteiger partial charge in [-0.15, -0.1) is 0 Å². The van der Waals surface area contributed by atoms with E-state index in [1.165, 1.54) is 12.1 Å². The average Bonchev–Trinajstić information content (AvgIpc) is 2.34. The van der Waals surface area contributed by atoms with Crippen LogP contribution in [-0.4, -0.2) is 34.3 Å². The smallest absolute Gasteiger partial charge is 0.173 e. The Labute approximate surface area is 116 Å². The summed E-state index contributed by atoms with van der Waals surface area (Å²) >= 11 is 10.9. The van der Waals surface area contributed by atoms with Crippen molar-refractivity contribution in [3.05, 3.63) is 29.0 Å². The first-order valence-corrected chi connectivity index (χ1v) is 6.54. The molecule has 98 valence electrons. The van der Waals surface area contributed by atoms with Crippen LogP contribution in [0.4, 0.5) is 10.1 Å². The van der Waals surface area contributed by atoms with Gasteiger partial charge in [0, 0.05) is 18.8 Å². The Hall–Kier alpha value is -0.910. The molecule has 0 unspecified atom stereocenters. The van der Waals surface area contributed by atoms with E-state index in [1.54, 1.807) is 6.07 Å². The molecule has 0 radical (unpaired) electrons. The first-order chi connectivity index (χ1) is 8.56. The fraction of sp³-hybridized carbons (Fsp3) is 0.417. The van der Waals surface area contributed by atoms with Crippen LogP contribution in [0, 0.1) is 5.82 Å². The predicted octanol–water partition coefficient (Wildman–Crippen LogP) is 2.63. The molecule has 0 aromatic heterocycles. The van der Waals surface area contributed by atoms with E-state index in [4.69, 9.17) is 23.8 Å². The maximum absolute atomic E-state index is 13.0. The number of hydrogen-bond acceptors (Lipinski definition) is 2. The number of halogens is 2. The Morgan fingerprint density at radius 2 is 2.33 bits per heavy atom. The molecule has 1 aliphatic heterocycles. The zero-order valence-corrected chi connectivity index (χ0v) is 11.3. The van der Waals surface area contributed by atoms with Crippen molar-refractivity contribution in [1.29, 1.82) is 0 Å². The van der Waals surface area contributed by atoms with Gasteiger partial charge in [0.15, 0.2) is 5.11 Å². The number of hydrogen-bond donors (Lipinski definition) is 2. The van der Waals surface area contributed by atoms with Crippen LogP contribution in [0.2, 0.25) is 5.02 Å². The molecule has 1 fully saturated rings. The van der Waals surface area contributed by atoms with Crippen molar-refractivity contribution in [2.75, 3.05) is 18.4 Å². The molecule has 1 saturated heterocycles. The SMILES string of the molecule is O[C@H]1CCCN(C(=S)Nc2ccc(F)c(Cl)c2)C1. The lowest BCUT2D eigenvalue weighted by molar-refractivity contribution is 0.104. The minimum absolute atomic E-state index is 0.0569. The normalized spacial score (nSPS) is 19.7. The van der Waals surface area contributed by atoms with Gasteiger partial charge in [-0.05, 0) is 43.3 Å². The number of aliphatic hydroxyl groups is 1. The van der Waals surface area contributed by atoms with Gasteiger partial charge < -0.3 is 15.3 Å². The number of likely N-dealkylation sites (tertiary alicyclic amines) is 1. The van der Waals surface area contributed by atoms with Gasteiger partial charge >= 0.3 is 0 Å². The van der Waals surface area contributed by atoms with Crippen LogP contribution < -0.4 is 5.32 Å².